The van der Waals surface area contributed by atoms with Crippen molar-refractivity contribution in [1.29, 1.82) is 0 Å². The van der Waals surface area contributed by atoms with Gasteiger partial charge in [-0.25, -0.2) is 0 Å². The molecule has 0 aliphatic carbocycles. The molecule has 0 aliphatic rings. The summed E-state index contributed by atoms with van der Waals surface area (Å²) in [4.78, 5) is 0. The van der Waals surface area contributed by atoms with Gasteiger partial charge in [0.15, 0.2) is 0 Å². The number of terminal acetylenes is 1. The van der Waals surface area contributed by atoms with Crippen LogP contribution in [0.15, 0.2) is 18.2 Å². The molecule has 0 heterocycles. The smallest absolute Gasteiger partial charge is 0.0660 e. The second-order valence-corrected chi connectivity index (χ2v) is 3.78. The molecule has 2 heteroatoms. The molecule has 1 nitrogen and oxygen atoms in total. The standard InChI is InChI=1S/C12H14ClN/c1-4-10(3)14-8-11-5-6-12(13)7-9(11)2/h1,5-7,10,14H,8H2,2-3H3. The average molecular weight is 208 g/mol. The second-order valence-electron chi connectivity index (χ2n) is 3.34. The van der Waals surface area contributed by atoms with Gasteiger partial charge >= 0.3 is 0 Å². The van der Waals surface area contributed by atoms with E-state index in [1.807, 2.05) is 32.0 Å². The lowest BCUT2D eigenvalue weighted by molar-refractivity contribution is 0.646. The molecule has 0 bridgehead atoms. The van der Waals surface area contributed by atoms with Gasteiger partial charge in [-0.2, -0.15) is 0 Å². The van der Waals surface area contributed by atoms with E-state index in [-0.39, 0.29) is 6.04 Å². The van der Waals surface area contributed by atoms with E-state index in [0.717, 1.165) is 11.6 Å². The first-order valence-electron chi connectivity index (χ1n) is 4.58. The highest BCUT2D eigenvalue weighted by Crippen LogP contribution is 2.14. The lowest BCUT2D eigenvalue weighted by Gasteiger charge is -2.09. The maximum atomic E-state index is 5.85. The molecule has 0 saturated heterocycles. The van der Waals surface area contributed by atoms with Crippen molar-refractivity contribution in [2.24, 2.45) is 0 Å². The summed E-state index contributed by atoms with van der Waals surface area (Å²) < 4.78 is 0. The summed E-state index contributed by atoms with van der Waals surface area (Å²) in [6, 6.07) is 5.98. The Bertz CT molecular complexity index is 352. The zero-order valence-corrected chi connectivity index (χ0v) is 9.23. The Kier molecular flexibility index (Phi) is 4.00. The number of aryl methyl sites for hydroxylation is 1. The van der Waals surface area contributed by atoms with Crippen molar-refractivity contribution in [2.45, 2.75) is 26.4 Å². The topological polar surface area (TPSA) is 12.0 Å². The van der Waals surface area contributed by atoms with E-state index < -0.39 is 0 Å². The van der Waals surface area contributed by atoms with E-state index >= 15 is 0 Å². The summed E-state index contributed by atoms with van der Waals surface area (Å²) >= 11 is 5.85. The summed E-state index contributed by atoms with van der Waals surface area (Å²) in [5, 5.41) is 4.00. The number of hydrogen-bond acceptors (Lipinski definition) is 1. The lowest BCUT2D eigenvalue weighted by atomic mass is 10.1. The third-order valence-corrected chi connectivity index (χ3v) is 2.39. The van der Waals surface area contributed by atoms with Crippen LogP contribution in [0.25, 0.3) is 0 Å². The number of hydrogen-bond donors (Lipinski definition) is 1. The number of halogens is 1. The van der Waals surface area contributed by atoms with Crippen molar-refractivity contribution in [3.05, 3.63) is 34.3 Å². The van der Waals surface area contributed by atoms with Crippen molar-refractivity contribution >= 4 is 11.6 Å². The van der Waals surface area contributed by atoms with Crippen LogP contribution in [-0.4, -0.2) is 6.04 Å². The van der Waals surface area contributed by atoms with Crippen molar-refractivity contribution in [3.8, 4) is 12.3 Å². The van der Waals surface area contributed by atoms with Crippen LogP contribution in [0, 0.1) is 19.3 Å². The normalized spacial score (nSPS) is 12.1. The van der Waals surface area contributed by atoms with Crippen LogP contribution in [0.5, 0.6) is 0 Å². The van der Waals surface area contributed by atoms with Crippen molar-refractivity contribution in [2.75, 3.05) is 0 Å². The van der Waals surface area contributed by atoms with Gasteiger partial charge in [-0.15, -0.1) is 6.42 Å². The van der Waals surface area contributed by atoms with Crippen LogP contribution in [0.1, 0.15) is 18.1 Å². The predicted octanol–water partition coefficient (Wildman–Crippen LogP) is 2.76. The first kappa shape index (κ1) is 11.1. The molecule has 0 aliphatic heterocycles. The van der Waals surface area contributed by atoms with Gasteiger partial charge in [-0.05, 0) is 37.1 Å². The highest BCUT2D eigenvalue weighted by atomic mass is 35.5. The Morgan fingerprint density at radius 2 is 2.29 bits per heavy atom. The molecule has 14 heavy (non-hydrogen) atoms. The Labute approximate surface area is 90.5 Å². The quantitative estimate of drug-likeness (QED) is 0.752. The van der Waals surface area contributed by atoms with E-state index in [1.54, 1.807) is 0 Å². The molecule has 1 unspecified atom stereocenters. The lowest BCUT2D eigenvalue weighted by Crippen LogP contribution is -2.23. The summed E-state index contributed by atoms with van der Waals surface area (Å²) in [5.41, 5.74) is 2.42. The fourth-order valence-electron chi connectivity index (χ4n) is 1.18. The number of benzene rings is 1. The van der Waals surface area contributed by atoms with Crippen molar-refractivity contribution in [1.82, 2.24) is 5.32 Å². The van der Waals surface area contributed by atoms with Gasteiger partial charge in [0.25, 0.3) is 0 Å². The summed E-state index contributed by atoms with van der Waals surface area (Å²) in [5.74, 6) is 2.63. The van der Waals surface area contributed by atoms with Gasteiger partial charge in [0.05, 0.1) is 6.04 Å². The third kappa shape index (κ3) is 3.06. The summed E-state index contributed by atoms with van der Waals surface area (Å²) in [6.07, 6.45) is 5.26. The molecule has 1 aromatic carbocycles. The van der Waals surface area contributed by atoms with Crippen LogP contribution in [-0.2, 0) is 6.54 Å². The Morgan fingerprint density at radius 3 is 2.86 bits per heavy atom. The van der Waals surface area contributed by atoms with Gasteiger partial charge in [-0.3, -0.25) is 5.32 Å². The molecule has 0 fully saturated rings. The second kappa shape index (κ2) is 5.05. The van der Waals surface area contributed by atoms with Crippen LogP contribution in [0.4, 0.5) is 0 Å². The summed E-state index contributed by atoms with van der Waals surface area (Å²) in [7, 11) is 0. The first-order chi connectivity index (χ1) is 6.63. The molecule has 74 valence electrons. The highest BCUT2D eigenvalue weighted by Gasteiger charge is 2.00. The van der Waals surface area contributed by atoms with E-state index in [4.69, 9.17) is 18.0 Å². The van der Waals surface area contributed by atoms with Gasteiger partial charge in [-0.1, -0.05) is 23.6 Å². The van der Waals surface area contributed by atoms with E-state index in [1.165, 1.54) is 11.1 Å². The predicted molar refractivity (Wildman–Crippen MR) is 61.3 cm³/mol. The zero-order valence-electron chi connectivity index (χ0n) is 8.47. The maximum absolute atomic E-state index is 5.85. The molecule has 0 saturated carbocycles. The van der Waals surface area contributed by atoms with E-state index in [9.17, 15) is 0 Å². The molecule has 0 amide bonds. The maximum Gasteiger partial charge on any atom is 0.0660 e. The van der Waals surface area contributed by atoms with Crippen molar-refractivity contribution in [3.63, 3.8) is 0 Å². The Morgan fingerprint density at radius 1 is 1.57 bits per heavy atom. The van der Waals surface area contributed by atoms with Crippen LogP contribution >= 0.6 is 11.6 Å². The molecule has 1 rings (SSSR count). The highest BCUT2D eigenvalue weighted by molar-refractivity contribution is 6.30. The summed E-state index contributed by atoms with van der Waals surface area (Å²) in [6.45, 7) is 4.79. The van der Waals surface area contributed by atoms with E-state index in [2.05, 4.69) is 11.2 Å². The fraction of sp³-hybridized carbons (Fsp3) is 0.333. The molecular formula is C12H14ClN. The Hall–Kier alpha value is -0.970. The molecule has 1 N–H and O–H groups in total. The number of rotatable bonds is 3. The Balaban J connectivity index is 2.64. The minimum absolute atomic E-state index is 0.102. The van der Waals surface area contributed by atoms with Gasteiger partial charge < -0.3 is 0 Å². The van der Waals surface area contributed by atoms with Gasteiger partial charge in [0.2, 0.25) is 0 Å². The molecule has 0 spiro atoms. The van der Waals surface area contributed by atoms with Crippen molar-refractivity contribution < 1.29 is 0 Å². The monoisotopic (exact) mass is 207 g/mol. The van der Waals surface area contributed by atoms with Gasteiger partial charge in [0.1, 0.15) is 0 Å². The van der Waals surface area contributed by atoms with E-state index in [0.29, 0.717) is 0 Å². The van der Waals surface area contributed by atoms with Crippen LogP contribution in [0.3, 0.4) is 0 Å². The minimum atomic E-state index is 0.102. The van der Waals surface area contributed by atoms with Crippen LogP contribution < -0.4 is 5.32 Å². The largest absolute Gasteiger partial charge is 0.300 e. The fourth-order valence-corrected chi connectivity index (χ4v) is 1.41. The zero-order chi connectivity index (χ0) is 10.6. The van der Waals surface area contributed by atoms with Crippen LogP contribution in [0.2, 0.25) is 5.02 Å². The third-order valence-electron chi connectivity index (χ3n) is 2.15. The molecule has 1 aromatic rings. The number of nitrogens with one attached hydrogen (secondary N) is 1. The molecule has 1 atom stereocenters. The molecule has 0 aromatic heterocycles. The molecule has 0 radical (unpaired) electrons. The minimum Gasteiger partial charge on any atom is -0.300 e. The molecular weight excluding hydrogens is 194 g/mol. The average Bonchev–Trinajstić information content (AvgIpc) is 2.16. The first-order valence-corrected chi connectivity index (χ1v) is 4.96. The SMILES string of the molecule is C#CC(C)NCc1ccc(Cl)cc1C. The van der Waals surface area contributed by atoms with Gasteiger partial charge in [0, 0.05) is 11.6 Å².